The Hall–Kier alpha value is -0.790. The third-order valence-electron chi connectivity index (χ3n) is 5.71. The summed E-state index contributed by atoms with van der Waals surface area (Å²) in [7, 11) is 0. The van der Waals surface area contributed by atoms with E-state index in [1.54, 1.807) is 0 Å². The molecule has 3 aliphatic carbocycles. The monoisotopic (exact) mass is 233 g/mol. The van der Waals surface area contributed by atoms with Crippen LogP contribution in [0.25, 0.3) is 0 Å². The predicted molar refractivity (Wildman–Crippen MR) is 68.3 cm³/mol. The van der Waals surface area contributed by atoms with Crippen molar-refractivity contribution in [1.82, 2.24) is 5.32 Å². The third-order valence-corrected chi connectivity index (χ3v) is 5.71. The molecule has 0 spiro atoms. The zero-order valence-electron chi connectivity index (χ0n) is 10.7. The van der Waals surface area contributed by atoms with E-state index in [-0.39, 0.29) is 5.91 Å². The molecule has 1 amide bonds. The van der Waals surface area contributed by atoms with E-state index in [4.69, 9.17) is 0 Å². The van der Waals surface area contributed by atoms with Crippen LogP contribution < -0.4 is 5.32 Å². The van der Waals surface area contributed by atoms with Crippen LogP contribution in [0.3, 0.4) is 0 Å². The summed E-state index contributed by atoms with van der Waals surface area (Å²) in [4.78, 5) is 11.2. The number of rotatable bonds is 3. The van der Waals surface area contributed by atoms with Crippen molar-refractivity contribution in [3.63, 3.8) is 0 Å². The molecule has 0 saturated heterocycles. The van der Waals surface area contributed by atoms with Gasteiger partial charge < -0.3 is 5.32 Å². The minimum Gasteiger partial charge on any atom is -0.352 e. The number of hydrogen-bond acceptors (Lipinski definition) is 1. The molecular weight excluding hydrogens is 210 g/mol. The van der Waals surface area contributed by atoms with Crippen LogP contribution in [0, 0.1) is 35.5 Å². The van der Waals surface area contributed by atoms with E-state index in [9.17, 15) is 4.79 Å². The van der Waals surface area contributed by atoms with Gasteiger partial charge in [0, 0.05) is 6.54 Å². The fourth-order valence-electron chi connectivity index (χ4n) is 5.16. The standard InChI is InChI=1S/C15H23NO/c1-3-14(17)16-8-11-6-10-7-13(11)12-5-4-9(2)15(10)12/h3,9-13,15H,1,4-8H2,2H3,(H,16,17). The van der Waals surface area contributed by atoms with Crippen LogP contribution in [-0.4, -0.2) is 12.5 Å². The zero-order valence-corrected chi connectivity index (χ0v) is 10.7. The van der Waals surface area contributed by atoms with Gasteiger partial charge in [-0.05, 0) is 60.8 Å². The van der Waals surface area contributed by atoms with Crippen molar-refractivity contribution >= 4 is 5.91 Å². The molecule has 3 saturated carbocycles. The summed E-state index contributed by atoms with van der Waals surface area (Å²) < 4.78 is 0. The topological polar surface area (TPSA) is 29.1 Å². The number of nitrogens with one attached hydrogen (secondary N) is 1. The highest BCUT2D eigenvalue weighted by Crippen LogP contribution is 2.62. The molecule has 0 aromatic carbocycles. The lowest BCUT2D eigenvalue weighted by Gasteiger charge is -2.33. The van der Waals surface area contributed by atoms with E-state index in [1.165, 1.54) is 31.8 Å². The van der Waals surface area contributed by atoms with Crippen LogP contribution in [0.2, 0.25) is 0 Å². The number of carbonyl (C=O) groups excluding carboxylic acids is 1. The second-order valence-corrected chi connectivity index (χ2v) is 6.40. The van der Waals surface area contributed by atoms with Crippen LogP contribution in [0.1, 0.15) is 32.6 Å². The lowest BCUT2D eigenvalue weighted by atomic mass is 9.73. The van der Waals surface area contributed by atoms with Gasteiger partial charge >= 0.3 is 0 Å². The van der Waals surface area contributed by atoms with Crippen LogP contribution in [0.15, 0.2) is 12.7 Å². The second-order valence-electron chi connectivity index (χ2n) is 6.40. The summed E-state index contributed by atoms with van der Waals surface area (Å²) in [6, 6.07) is 0. The fourth-order valence-corrected chi connectivity index (χ4v) is 5.16. The molecule has 0 radical (unpaired) electrons. The molecule has 2 bridgehead atoms. The minimum atomic E-state index is -0.0101. The SMILES string of the molecule is C=CC(=O)NCC1CC2CC1C1CCC(C)C21. The van der Waals surface area contributed by atoms with Crippen molar-refractivity contribution < 1.29 is 4.79 Å². The van der Waals surface area contributed by atoms with Gasteiger partial charge in [-0.25, -0.2) is 0 Å². The van der Waals surface area contributed by atoms with E-state index in [1.807, 2.05) is 0 Å². The maximum Gasteiger partial charge on any atom is 0.243 e. The van der Waals surface area contributed by atoms with Gasteiger partial charge in [0.2, 0.25) is 5.91 Å². The van der Waals surface area contributed by atoms with Gasteiger partial charge in [-0.3, -0.25) is 4.79 Å². The summed E-state index contributed by atoms with van der Waals surface area (Å²) in [5.74, 6) is 5.56. The molecule has 94 valence electrons. The van der Waals surface area contributed by atoms with Crippen molar-refractivity contribution in [2.75, 3.05) is 6.54 Å². The number of carbonyl (C=O) groups is 1. The molecule has 0 aromatic heterocycles. The van der Waals surface area contributed by atoms with Crippen molar-refractivity contribution in [3.8, 4) is 0 Å². The molecule has 0 aliphatic heterocycles. The van der Waals surface area contributed by atoms with Crippen molar-refractivity contribution in [3.05, 3.63) is 12.7 Å². The van der Waals surface area contributed by atoms with E-state index in [2.05, 4.69) is 18.8 Å². The summed E-state index contributed by atoms with van der Waals surface area (Å²) in [5.41, 5.74) is 0. The van der Waals surface area contributed by atoms with Crippen LogP contribution >= 0.6 is 0 Å². The van der Waals surface area contributed by atoms with E-state index >= 15 is 0 Å². The molecular formula is C15H23NO. The first-order chi connectivity index (χ1) is 8.20. The molecule has 2 nitrogen and oxygen atoms in total. The third kappa shape index (κ3) is 1.73. The molecule has 1 N–H and O–H groups in total. The van der Waals surface area contributed by atoms with Gasteiger partial charge in [0.1, 0.15) is 0 Å². The Kier molecular flexibility index (Phi) is 2.76. The summed E-state index contributed by atoms with van der Waals surface area (Å²) >= 11 is 0. The van der Waals surface area contributed by atoms with Gasteiger partial charge in [-0.15, -0.1) is 0 Å². The first-order valence-corrected chi connectivity index (χ1v) is 7.11. The second kappa shape index (κ2) is 4.15. The molecule has 0 aromatic rings. The van der Waals surface area contributed by atoms with E-state index in [0.29, 0.717) is 0 Å². The zero-order chi connectivity index (χ0) is 12.0. The summed E-state index contributed by atoms with van der Waals surface area (Å²) in [6.45, 7) is 6.83. The molecule has 6 atom stereocenters. The Bertz CT molecular complexity index is 338. The average molecular weight is 233 g/mol. The van der Waals surface area contributed by atoms with E-state index in [0.717, 1.165) is 42.1 Å². The Morgan fingerprint density at radius 1 is 1.35 bits per heavy atom. The molecule has 3 fully saturated rings. The van der Waals surface area contributed by atoms with Crippen molar-refractivity contribution in [2.45, 2.75) is 32.6 Å². The summed E-state index contributed by atoms with van der Waals surface area (Å²) in [6.07, 6.45) is 7.06. The minimum absolute atomic E-state index is 0.0101. The van der Waals surface area contributed by atoms with Crippen LogP contribution in [-0.2, 0) is 4.79 Å². The highest BCUT2D eigenvalue weighted by Gasteiger charge is 2.55. The van der Waals surface area contributed by atoms with Crippen molar-refractivity contribution in [2.24, 2.45) is 35.5 Å². The predicted octanol–water partition coefficient (Wildman–Crippen LogP) is 2.61. The molecule has 3 aliphatic rings. The fraction of sp³-hybridized carbons (Fsp3) is 0.800. The normalized spacial score (nSPS) is 46.9. The first-order valence-electron chi connectivity index (χ1n) is 7.11. The lowest BCUT2D eigenvalue weighted by molar-refractivity contribution is -0.116. The highest BCUT2D eigenvalue weighted by atomic mass is 16.1. The first kappa shape index (κ1) is 11.3. The molecule has 17 heavy (non-hydrogen) atoms. The Morgan fingerprint density at radius 3 is 2.94 bits per heavy atom. The van der Waals surface area contributed by atoms with Gasteiger partial charge in [0.25, 0.3) is 0 Å². The Morgan fingerprint density at radius 2 is 2.18 bits per heavy atom. The summed E-state index contributed by atoms with van der Waals surface area (Å²) in [5, 5.41) is 2.99. The smallest absolute Gasteiger partial charge is 0.243 e. The average Bonchev–Trinajstić information content (AvgIpc) is 2.98. The number of amides is 1. The molecule has 6 unspecified atom stereocenters. The van der Waals surface area contributed by atoms with Crippen LogP contribution in [0.4, 0.5) is 0 Å². The number of hydrogen-bond donors (Lipinski definition) is 1. The maximum atomic E-state index is 11.2. The molecule has 0 heterocycles. The van der Waals surface area contributed by atoms with Crippen LogP contribution in [0.5, 0.6) is 0 Å². The lowest BCUT2D eigenvalue weighted by Crippen LogP contribution is -2.35. The highest BCUT2D eigenvalue weighted by molar-refractivity contribution is 5.86. The van der Waals surface area contributed by atoms with Gasteiger partial charge in [0.05, 0.1) is 0 Å². The largest absolute Gasteiger partial charge is 0.352 e. The Balaban J connectivity index is 1.61. The quantitative estimate of drug-likeness (QED) is 0.746. The molecule has 2 heteroatoms. The Labute approximate surface area is 104 Å². The van der Waals surface area contributed by atoms with Gasteiger partial charge in [-0.1, -0.05) is 19.9 Å². The molecule has 3 rings (SSSR count). The van der Waals surface area contributed by atoms with Gasteiger partial charge in [-0.2, -0.15) is 0 Å². The van der Waals surface area contributed by atoms with Crippen molar-refractivity contribution in [1.29, 1.82) is 0 Å². The van der Waals surface area contributed by atoms with Gasteiger partial charge in [0.15, 0.2) is 0 Å². The number of fused-ring (bicyclic) bond motifs is 5. The van der Waals surface area contributed by atoms with E-state index < -0.39 is 0 Å². The maximum absolute atomic E-state index is 11.2.